The lowest BCUT2D eigenvalue weighted by molar-refractivity contribution is -0.0335. The fraction of sp³-hybridized carbons (Fsp3) is 0.750. The average Bonchev–Trinajstić information content (AvgIpc) is 2.53. The van der Waals surface area contributed by atoms with E-state index in [0.29, 0.717) is 19.6 Å². The number of ether oxygens (including phenoxy) is 1. The molecule has 13 heavy (non-hydrogen) atoms. The maximum atomic E-state index is 9.66. The van der Waals surface area contributed by atoms with Gasteiger partial charge in [0.15, 0.2) is 0 Å². The second kappa shape index (κ2) is 3.43. The first-order chi connectivity index (χ1) is 6.27. The molecule has 2 atom stereocenters. The predicted molar refractivity (Wildman–Crippen MR) is 45.2 cm³/mol. The lowest BCUT2D eigenvalue weighted by Gasteiger charge is -2.27. The highest BCUT2D eigenvalue weighted by Crippen LogP contribution is 2.18. The van der Waals surface area contributed by atoms with Crippen LogP contribution in [0.1, 0.15) is 18.2 Å². The number of aryl methyl sites for hydroxylation is 1. The number of aliphatic hydroxyl groups excluding tert-OH is 1. The Morgan fingerprint density at radius 2 is 2.54 bits per heavy atom. The van der Waals surface area contributed by atoms with Gasteiger partial charge in [-0.05, 0) is 13.3 Å². The van der Waals surface area contributed by atoms with E-state index in [9.17, 15) is 5.11 Å². The average molecular weight is 183 g/mol. The normalized spacial score (nSPS) is 29.1. The van der Waals surface area contributed by atoms with Crippen molar-refractivity contribution in [2.75, 3.05) is 13.2 Å². The maximum absolute atomic E-state index is 9.66. The van der Waals surface area contributed by atoms with Gasteiger partial charge in [0.2, 0.25) is 0 Å². The van der Waals surface area contributed by atoms with E-state index in [-0.39, 0.29) is 12.1 Å². The molecule has 0 aliphatic carbocycles. The fourth-order valence-electron chi connectivity index (χ4n) is 1.49. The minimum absolute atomic E-state index is 0.0741. The van der Waals surface area contributed by atoms with E-state index in [4.69, 9.17) is 4.74 Å². The van der Waals surface area contributed by atoms with Crippen LogP contribution >= 0.6 is 0 Å². The van der Waals surface area contributed by atoms with Crippen molar-refractivity contribution in [3.05, 3.63) is 11.9 Å². The van der Waals surface area contributed by atoms with Crippen molar-refractivity contribution in [2.24, 2.45) is 0 Å². The molecule has 1 aliphatic heterocycles. The zero-order valence-electron chi connectivity index (χ0n) is 7.55. The molecule has 5 heteroatoms. The summed E-state index contributed by atoms with van der Waals surface area (Å²) in [5.41, 5.74) is 0.859. The Morgan fingerprint density at radius 1 is 1.69 bits per heavy atom. The summed E-state index contributed by atoms with van der Waals surface area (Å²) in [4.78, 5) is 0. The zero-order chi connectivity index (χ0) is 9.26. The number of aromatic nitrogens is 3. The number of rotatable bonds is 1. The van der Waals surface area contributed by atoms with Gasteiger partial charge in [0, 0.05) is 12.8 Å². The first kappa shape index (κ1) is 8.65. The van der Waals surface area contributed by atoms with Crippen molar-refractivity contribution in [1.29, 1.82) is 0 Å². The second-order valence-corrected chi connectivity index (χ2v) is 3.34. The molecule has 0 amide bonds. The Labute approximate surface area is 76.3 Å². The van der Waals surface area contributed by atoms with Gasteiger partial charge in [0.25, 0.3) is 0 Å². The molecule has 0 radical (unpaired) electrons. The quantitative estimate of drug-likeness (QED) is 0.661. The van der Waals surface area contributed by atoms with Crippen LogP contribution in [-0.4, -0.2) is 39.4 Å². The molecule has 0 saturated carbocycles. The molecule has 1 saturated heterocycles. The summed E-state index contributed by atoms with van der Waals surface area (Å²) in [7, 11) is 0. The first-order valence-corrected chi connectivity index (χ1v) is 4.41. The Balaban J connectivity index is 2.14. The van der Waals surface area contributed by atoms with Gasteiger partial charge in [-0.2, -0.15) is 0 Å². The minimum atomic E-state index is -0.366. The molecule has 2 rings (SSSR count). The standard InChI is InChI=1S/C8H13N3O2/c1-6-4-11(10-9-6)7-5-13-3-2-8(7)12/h4,7-8,12H,2-3,5H2,1H3/t7-,8-/m1/s1. The Bertz CT molecular complexity index is 287. The fourth-order valence-corrected chi connectivity index (χ4v) is 1.49. The summed E-state index contributed by atoms with van der Waals surface area (Å²) in [6.45, 7) is 3.02. The molecule has 0 aromatic carbocycles. The van der Waals surface area contributed by atoms with Crippen LogP contribution in [0.5, 0.6) is 0 Å². The smallest absolute Gasteiger partial charge is 0.103 e. The number of hydrogen-bond donors (Lipinski definition) is 1. The molecule has 0 unspecified atom stereocenters. The van der Waals surface area contributed by atoms with Crippen LogP contribution in [-0.2, 0) is 4.74 Å². The van der Waals surface area contributed by atoms with Crippen LogP contribution in [0.2, 0.25) is 0 Å². The number of hydrogen-bond acceptors (Lipinski definition) is 4. The Morgan fingerprint density at radius 3 is 3.15 bits per heavy atom. The van der Waals surface area contributed by atoms with E-state index in [0.717, 1.165) is 5.69 Å². The molecule has 1 aromatic rings. The summed E-state index contributed by atoms with van der Waals surface area (Å²) in [6.07, 6.45) is 2.13. The predicted octanol–water partition coefficient (Wildman–Crippen LogP) is -0.0912. The molecule has 0 bridgehead atoms. The Kier molecular flexibility index (Phi) is 2.28. The third kappa shape index (κ3) is 1.71. The molecular formula is C8H13N3O2. The molecule has 0 spiro atoms. The van der Waals surface area contributed by atoms with Gasteiger partial charge in [-0.1, -0.05) is 5.21 Å². The third-order valence-corrected chi connectivity index (χ3v) is 2.26. The first-order valence-electron chi connectivity index (χ1n) is 4.41. The van der Waals surface area contributed by atoms with Gasteiger partial charge in [0.05, 0.1) is 18.4 Å². The van der Waals surface area contributed by atoms with Gasteiger partial charge >= 0.3 is 0 Å². The van der Waals surface area contributed by atoms with Crippen molar-refractivity contribution in [1.82, 2.24) is 15.0 Å². The van der Waals surface area contributed by atoms with Crippen LogP contribution in [0.15, 0.2) is 6.20 Å². The summed E-state index contributed by atoms with van der Waals surface area (Å²) < 4.78 is 6.95. The largest absolute Gasteiger partial charge is 0.391 e. The van der Waals surface area contributed by atoms with E-state index in [1.54, 1.807) is 4.68 Å². The number of aliphatic hydroxyl groups is 1. The monoisotopic (exact) mass is 183 g/mol. The zero-order valence-corrected chi connectivity index (χ0v) is 7.55. The van der Waals surface area contributed by atoms with Gasteiger partial charge in [0.1, 0.15) is 6.04 Å². The molecule has 2 heterocycles. The third-order valence-electron chi connectivity index (χ3n) is 2.26. The lowest BCUT2D eigenvalue weighted by atomic mass is 10.1. The lowest BCUT2D eigenvalue weighted by Crippen LogP contribution is -2.34. The van der Waals surface area contributed by atoms with Gasteiger partial charge in [-0.3, -0.25) is 0 Å². The van der Waals surface area contributed by atoms with Gasteiger partial charge in [-0.15, -0.1) is 5.10 Å². The molecule has 72 valence electrons. The molecule has 1 aliphatic rings. The summed E-state index contributed by atoms with van der Waals surface area (Å²) >= 11 is 0. The highest BCUT2D eigenvalue weighted by Gasteiger charge is 2.25. The van der Waals surface area contributed by atoms with E-state index in [1.165, 1.54) is 0 Å². The van der Waals surface area contributed by atoms with Crippen molar-refractivity contribution in [3.8, 4) is 0 Å². The molecule has 5 nitrogen and oxygen atoms in total. The van der Waals surface area contributed by atoms with Crippen molar-refractivity contribution in [3.63, 3.8) is 0 Å². The van der Waals surface area contributed by atoms with E-state index in [2.05, 4.69) is 10.3 Å². The molecule has 1 aromatic heterocycles. The molecule has 1 N–H and O–H groups in total. The SMILES string of the molecule is Cc1cn([C@@H]2COCC[C@H]2O)nn1. The topological polar surface area (TPSA) is 60.2 Å². The maximum Gasteiger partial charge on any atom is 0.103 e. The van der Waals surface area contributed by atoms with E-state index in [1.807, 2.05) is 13.1 Å². The second-order valence-electron chi connectivity index (χ2n) is 3.34. The summed E-state index contributed by atoms with van der Waals surface area (Å²) in [5, 5.41) is 17.5. The minimum Gasteiger partial charge on any atom is -0.391 e. The highest BCUT2D eigenvalue weighted by atomic mass is 16.5. The van der Waals surface area contributed by atoms with Crippen LogP contribution in [0.25, 0.3) is 0 Å². The van der Waals surface area contributed by atoms with Crippen molar-refractivity contribution < 1.29 is 9.84 Å². The van der Waals surface area contributed by atoms with Crippen LogP contribution in [0.3, 0.4) is 0 Å². The van der Waals surface area contributed by atoms with Gasteiger partial charge in [-0.25, -0.2) is 4.68 Å². The highest BCUT2D eigenvalue weighted by molar-refractivity contribution is 4.90. The summed E-state index contributed by atoms with van der Waals surface area (Å²) in [6, 6.07) is -0.0741. The van der Waals surface area contributed by atoms with Crippen LogP contribution < -0.4 is 0 Å². The van der Waals surface area contributed by atoms with Crippen molar-refractivity contribution >= 4 is 0 Å². The molecule has 1 fully saturated rings. The van der Waals surface area contributed by atoms with E-state index >= 15 is 0 Å². The number of nitrogens with zero attached hydrogens (tertiary/aromatic N) is 3. The Hall–Kier alpha value is -0.940. The summed E-state index contributed by atoms with van der Waals surface area (Å²) in [5.74, 6) is 0. The molecular weight excluding hydrogens is 170 g/mol. The van der Waals surface area contributed by atoms with Gasteiger partial charge < -0.3 is 9.84 Å². The van der Waals surface area contributed by atoms with E-state index < -0.39 is 0 Å². The van der Waals surface area contributed by atoms with Crippen LogP contribution in [0.4, 0.5) is 0 Å². The van der Waals surface area contributed by atoms with Crippen LogP contribution in [0, 0.1) is 6.92 Å². The van der Waals surface area contributed by atoms with Crippen molar-refractivity contribution in [2.45, 2.75) is 25.5 Å².